The van der Waals surface area contributed by atoms with Crippen molar-refractivity contribution in [2.45, 2.75) is 69.9 Å². The number of thioether (sulfide) groups is 1. The molecule has 0 aliphatic rings. The molecule has 0 aliphatic heterocycles. The van der Waals surface area contributed by atoms with Crippen LogP contribution in [0.25, 0.3) is 11.2 Å². The summed E-state index contributed by atoms with van der Waals surface area (Å²) in [5.74, 6) is 0.162. The first-order valence-corrected chi connectivity index (χ1v) is 9.93. The predicted octanol–water partition coefficient (Wildman–Crippen LogP) is 3.73. The fourth-order valence-corrected chi connectivity index (χ4v) is 3.68. The minimum atomic E-state index is -0.940. The number of nitrogen functional groups attached to an aromatic ring is 1. The molecule has 0 aliphatic carbocycles. The number of hydrogen-bond acceptors (Lipinski definition) is 6. The lowest BCUT2D eigenvalue weighted by atomic mass is 10.1. The van der Waals surface area contributed by atoms with Crippen LogP contribution in [0.2, 0.25) is 0 Å². The van der Waals surface area contributed by atoms with Crippen molar-refractivity contribution in [2.75, 3.05) is 11.5 Å². The first kappa shape index (κ1) is 19.5. The van der Waals surface area contributed by atoms with Gasteiger partial charge < -0.3 is 15.4 Å². The summed E-state index contributed by atoms with van der Waals surface area (Å²) >= 11 is 1.61. The number of hydrogen-bond donors (Lipinski definition) is 2. The number of carboxylic acid groups (broad SMARTS) is 1. The van der Waals surface area contributed by atoms with Crippen LogP contribution in [0.5, 0.6) is 0 Å². The Morgan fingerprint density at radius 2 is 1.84 bits per heavy atom. The molecule has 7 nitrogen and oxygen atoms in total. The molecule has 3 N–H and O–H groups in total. The molecular formula is C17H27N5O2S. The van der Waals surface area contributed by atoms with Crippen molar-refractivity contribution in [2.24, 2.45) is 0 Å². The van der Waals surface area contributed by atoms with Gasteiger partial charge in [0.25, 0.3) is 0 Å². The van der Waals surface area contributed by atoms with Crippen molar-refractivity contribution < 1.29 is 9.90 Å². The van der Waals surface area contributed by atoms with Crippen molar-refractivity contribution in [3.63, 3.8) is 0 Å². The van der Waals surface area contributed by atoms with Gasteiger partial charge in [0.2, 0.25) is 5.95 Å². The van der Waals surface area contributed by atoms with Crippen LogP contribution in [-0.4, -0.2) is 36.3 Å². The van der Waals surface area contributed by atoms with Crippen molar-refractivity contribution in [1.29, 1.82) is 0 Å². The molecule has 0 saturated heterocycles. The predicted molar refractivity (Wildman–Crippen MR) is 101 cm³/mol. The SMILES string of the molecule is CCCCCCCCCCSc1nc(N)nc2c1ncn2CC(=O)O. The van der Waals surface area contributed by atoms with Crippen LogP contribution in [-0.2, 0) is 11.3 Å². The Kier molecular flexibility index (Phi) is 7.97. The maximum Gasteiger partial charge on any atom is 0.323 e. The third-order valence-electron chi connectivity index (χ3n) is 3.99. The molecule has 2 rings (SSSR count). The molecule has 0 spiro atoms. The monoisotopic (exact) mass is 365 g/mol. The Balaban J connectivity index is 1.83. The normalized spacial score (nSPS) is 11.2. The summed E-state index contributed by atoms with van der Waals surface area (Å²) in [4.78, 5) is 23.6. The molecule has 0 atom stereocenters. The zero-order chi connectivity index (χ0) is 18.1. The smallest absolute Gasteiger partial charge is 0.323 e. The minimum absolute atomic E-state index is 0.151. The average molecular weight is 366 g/mol. The van der Waals surface area contributed by atoms with E-state index in [1.54, 1.807) is 11.8 Å². The van der Waals surface area contributed by atoms with E-state index < -0.39 is 5.97 Å². The quantitative estimate of drug-likeness (QED) is 0.335. The topological polar surface area (TPSA) is 107 Å². The summed E-state index contributed by atoms with van der Waals surface area (Å²) in [6.45, 7) is 2.05. The summed E-state index contributed by atoms with van der Waals surface area (Å²) in [5, 5.41) is 9.68. The number of anilines is 1. The van der Waals surface area contributed by atoms with Crippen molar-refractivity contribution in [3.05, 3.63) is 6.33 Å². The highest BCUT2D eigenvalue weighted by atomic mass is 32.2. The van der Waals surface area contributed by atoms with Gasteiger partial charge in [-0.05, 0) is 12.2 Å². The number of carboxylic acids is 1. The summed E-state index contributed by atoms with van der Waals surface area (Å²) in [5.41, 5.74) is 6.87. The Hall–Kier alpha value is -1.83. The van der Waals surface area contributed by atoms with Gasteiger partial charge >= 0.3 is 5.97 Å². The van der Waals surface area contributed by atoms with Gasteiger partial charge in [-0.1, -0.05) is 51.9 Å². The van der Waals surface area contributed by atoms with Gasteiger partial charge in [0.05, 0.1) is 6.33 Å². The molecule has 0 amide bonds. The molecule has 0 radical (unpaired) electrons. The first-order valence-electron chi connectivity index (χ1n) is 8.94. The number of nitrogens with zero attached hydrogens (tertiary/aromatic N) is 4. The van der Waals surface area contributed by atoms with Crippen LogP contribution in [0, 0.1) is 0 Å². The van der Waals surface area contributed by atoms with Crippen LogP contribution >= 0.6 is 11.8 Å². The number of rotatable bonds is 12. The standard InChI is InChI=1S/C17H27N5O2S/c1-2-3-4-5-6-7-8-9-10-25-16-14-15(20-17(18)21-16)22(12-19-14)11-13(23)24/h12H,2-11H2,1H3,(H,23,24)(H2,18,20,21). The minimum Gasteiger partial charge on any atom is -0.480 e. The van der Waals surface area contributed by atoms with E-state index in [1.807, 2.05) is 0 Å². The van der Waals surface area contributed by atoms with Crippen LogP contribution in [0.1, 0.15) is 58.3 Å². The van der Waals surface area contributed by atoms with Crippen LogP contribution in [0.4, 0.5) is 5.95 Å². The number of nitrogens with two attached hydrogens (primary N) is 1. The second-order valence-corrected chi connectivity index (χ2v) is 7.23. The van der Waals surface area contributed by atoms with Crippen LogP contribution < -0.4 is 5.73 Å². The zero-order valence-electron chi connectivity index (χ0n) is 14.8. The zero-order valence-corrected chi connectivity index (χ0v) is 15.6. The van der Waals surface area contributed by atoms with Gasteiger partial charge in [-0.25, -0.2) is 9.97 Å². The summed E-state index contributed by atoms with van der Waals surface area (Å²) < 4.78 is 1.48. The molecular weight excluding hydrogens is 338 g/mol. The Labute approximate surface area is 152 Å². The number of fused-ring (bicyclic) bond motifs is 1. The van der Waals surface area contributed by atoms with E-state index in [4.69, 9.17) is 10.8 Å². The van der Waals surface area contributed by atoms with Crippen LogP contribution in [0.15, 0.2) is 11.4 Å². The number of carbonyl (C=O) groups is 1. The first-order chi connectivity index (χ1) is 12.1. The molecule has 0 aromatic carbocycles. The van der Waals surface area contributed by atoms with Crippen molar-refractivity contribution in [1.82, 2.24) is 19.5 Å². The molecule has 2 aromatic heterocycles. The Bertz CT molecular complexity index is 689. The fraction of sp³-hybridized carbons (Fsp3) is 0.647. The fourth-order valence-electron chi connectivity index (χ4n) is 2.70. The van der Waals surface area contributed by atoms with E-state index in [-0.39, 0.29) is 12.5 Å². The van der Waals surface area contributed by atoms with E-state index >= 15 is 0 Å². The van der Waals surface area contributed by atoms with Crippen molar-refractivity contribution >= 4 is 34.8 Å². The summed E-state index contributed by atoms with van der Waals surface area (Å²) in [6, 6.07) is 0. The molecule has 2 heterocycles. The molecule has 25 heavy (non-hydrogen) atoms. The lowest BCUT2D eigenvalue weighted by molar-refractivity contribution is -0.137. The number of unbranched alkanes of at least 4 members (excludes halogenated alkanes) is 7. The molecule has 138 valence electrons. The highest BCUT2D eigenvalue weighted by molar-refractivity contribution is 7.99. The lowest BCUT2D eigenvalue weighted by Crippen LogP contribution is -2.09. The highest BCUT2D eigenvalue weighted by Gasteiger charge is 2.14. The largest absolute Gasteiger partial charge is 0.480 e. The Morgan fingerprint density at radius 1 is 1.16 bits per heavy atom. The molecule has 0 fully saturated rings. The van der Waals surface area contributed by atoms with Crippen LogP contribution in [0.3, 0.4) is 0 Å². The molecule has 8 heteroatoms. The third kappa shape index (κ3) is 6.19. The maximum atomic E-state index is 10.9. The van der Waals surface area contributed by atoms with Crippen molar-refractivity contribution in [3.8, 4) is 0 Å². The third-order valence-corrected chi connectivity index (χ3v) is 5.04. The van der Waals surface area contributed by atoms with E-state index in [1.165, 1.54) is 55.8 Å². The Morgan fingerprint density at radius 3 is 2.52 bits per heavy atom. The number of aliphatic carboxylic acids is 1. The number of imidazole rings is 1. The maximum absolute atomic E-state index is 10.9. The number of aromatic nitrogens is 4. The second-order valence-electron chi connectivity index (χ2n) is 6.15. The van der Waals surface area contributed by atoms with Gasteiger partial charge in [0, 0.05) is 0 Å². The molecule has 0 unspecified atom stereocenters. The molecule has 0 saturated carbocycles. The second kappa shape index (κ2) is 10.2. The van der Waals surface area contributed by atoms with E-state index in [0.29, 0.717) is 11.2 Å². The van der Waals surface area contributed by atoms with E-state index in [0.717, 1.165) is 17.2 Å². The molecule has 2 aromatic rings. The lowest BCUT2D eigenvalue weighted by Gasteiger charge is -2.05. The van der Waals surface area contributed by atoms with Gasteiger partial charge in [0.1, 0.15) is 17.1 Å². The molecule has 0 bridgehead atoms. The van der Waals surface area contributed by atoms with Gasteiger partial charge in [-0.15, -0.1) is 11.8 Å². The van der Waals surface area contributed by atoms with Gasteiger partial charge in [-0.3, -0.25) is 4.79 Å². The van der Waals surface area contributed by atoms with E-state index in [9.17, 15) is 4.79 Å². The van der Waals surface area contributed by atoms with E-state index in [2.05, 4.69) is 21.9 Å². The highest BCUT2D eigenvalue weighted by Crippen LogP contribution is 2.26. The van der Waals surface area contributed by atoms with Gasteiger partial charge in [-0.2, -0.15) is 4.98 Å². The van der Waals surface area contributed by atoms with Gasteiger partial charge in [0.15, 0.2) is 5.65 Å². The average Bonchev–Trinajstić information content (AvgIpc) is 2.95. The summed E-state index contributed by atoms with van der Waals surface area (Å²) in [6.07, 6.45) is 11.7. The summed E-state index contributed by atoms with van der Waals surface area (Å²) in [7, 11) is 0.